The molecule has 0 spiro atoms. The highest BCUT2D eigenvalue weighted by Gasteiger charge is 2.29. The lowest BCUT2D eigenvalue weighted by Crippen LogP contribution is -2.22. The molecule has 0 saturated carbocycles. The van der Waals surface area contributed by atoms with Crippen LogP contribution in [0.5, 0.6) is 11.5 Å². The molecule has 0 unspecified atom stereocenters. The molecule has 2 nitrogen and oxygen atoms in total. The molecule has 3 heteroatoms. The molecule has 0 aromatic heterocycles. The van der Waals surface area contributed by atoms with E-state index in [4.69, 9.17) is 9.47 Å². The van der Waals surface area contributed by atoms with E-state index in [0.717, 1.165) is 11.1 Å². The second-order valence-electron chi connectivity index (χ2n) is 5.32. The summed E-state index contributed by atoms with van der Waals surface area (Å²) in [5.41, 5.74) is 1.39. The van der Waals surface area contributed by atoms with Gasteiger partial charge in [-0.3, -0.25) is 0 Å². The van der Waals surface area contributed by atoms with Crippen LogP contribution in [0.2, 0.25) is 0 Å². The molecule has 0 N–H and O–H groups in total. The molecule has 1 radical (unpaired) electrons. The van der Waals surface area contributed by atoms with E-state index in [2.05, 4.69) is 0 Å². The third-order valence-corrected chi connectivity index (χ3v) is 3.85. The molecule has 1 aliphatic rings. The van der Waals surface area contributed by atoms with Gasteiger partial charge in [0.15, 0.2) is 11.5 Å². The summed E-state index contributed by atoms with van der Waals surface area (Å²) >= 11 is 0. The summed E-state index contributed by atoms with van der Waals surface area (Å²) in [6, 6.07) is 5.73. The SMILES string of the molecule is COc1ccc(C(C)(C)C2=C(F)C=C[CH]C2)cc1OC. The van der Waals surface area contributed by atoms with Crippen LogP contribution in [0.25, 0.3) is 0 Å². The molecule has 0 amide bonds. The predicted octanol–water partition coefficient (Wildman–Crippen LogP) is 4.37. The van der Waals surface area contributed by atoms with E-state index in [0.29, 0.717) is 17.9 Å². The first-order valence-electron chi connectivity index (χ1n) is 6.62. The predicted molar refractivity (Wildman–Crippen MR) is 78.8 cm³/mol. The van der Waals surface area contributed by atoms with E-state index in [1.54, 1.807) is 20.3 Å². The standard InChI is InChI=1S/C17H20FO2/c1-17(2,13-7-5-6-8-14(13)18)12-9-10-15(19-3)16(11-12)20-4/h5-6,8-11H,7H2,1-4H3. The maximum Gasteiger partial charge on any atom is 0.161 e. The number of ether oxygens (including phenoxy) is 2. The lowest BCUT2D eigenvalue weighted by molar-refractivity contribution is 0.353. The second kappa shape index (κ2) is 5.70. The molecule has 107 valence electrons. The minimum atomic E-state index is -0.398. The Hall–Kier alpha value is -1.77. The Bertz CT molecular complexity index is 556. The van der Waals surface area contributed by atoms with E-state index in [-0.39, 0.29) is 5.83 Å². The van der Waals surface area contributed by atoms with E-state index in [9.17, 15) is 4.39 Å². The first-order valence-corrected chi connectivity index (χ1v) is 6.62. The van der Waals surface area contributed by atoms with Gasteiger partial charge in [0.2, 0.25) is 0 Å². The van der Waals surface area contributed by atoms with Gasteiger partial charge >= 0.3 is 0 Å². The summed E-state index contributed by atoms with van der Waals surface area (Å²) in [6.45, 7) is 4.05. The normalized spacial score (nSPS) is 15.4. The highest BCUT2D eigenvalue weighted by atomic mass is 19.1. The summed E-state index contributed by atoms with van der Waals surface area (Å²) < 4.78 is 24.6. The molecular formula is C17H20FO2. The minimum absolute atomic E-state index is 0.146. The summed E-state index contributed by atoms with van der Waals surface area (Å²) in [6.07, 6.45) is 5.87. The van der Waals surface area contributed by atoms with Crippen LogP contribution in [0.1, 0.15) is 25.8 Å². The third-order valence-electron chi connectivity index (χ3n) is 3.85. The van der Waals surface area contributed by atoms with Crippen molar-refractivity contribution in [2.45, 2.75) is 25.7 Å². The van der Waals surface area contributed by atoms with E-state index >= 15 is 0 Å². The molecule has 0 aliphatic heterocycles. The molecule has 0 bridgehead atoms. The fraction of sp³-hybridized carbons (Fsp3) is 0.353. The summed E-state index contributed by atoms with van der Waals surface area (Å²) in [5.74, 6) is 1.19. The fourth-order valence-electron chi connectivity index (χ4n) is 2.49. The Labute approximate surface area is 119 Å². The monoisotopic (exact) mass is 275 g/mol. The van der Waals surface area contributed by atoms with Gasteiger partial charge in [-0.2, -0.15) is 0 Å². The van der Waals surface area contributed by atoms with Crippen molar-refractivity contribution >= 4 is 0 Å². The van der Waals surface area contributed by atoms with Crippen molar-refractivity contribution in [1.82, 2.24) is 0 Å². The first-order chi connectivity index (χ1) is 9.50. The molecule has 1 aromatic carbocycles. The summed E-state index contributed by atoms with van der Waals surface area (Å²) in [5, 5.41) is 0. The number of benzene rings is 1. The maximum absolute atomic E-state index is 14.1. The lowest BCUT2D eigenvalue weighted by atomic mass is 9.74. The van der Waals surface area contributed by atoms with Crippen LogP contribution < -0.4 is 9.47 Å². The van der Waals surface area contributed by atoms with Crippen molar-refractivity contribution in [2.75, 3.05) is 14.2 Å². The highest BCUT2D eigenvalue weighted by molar-refractivity contribution is 5.49. The van der Waals surface area contributed by atoms with Crippen LogP contribution in [-0.4, -0.2) is 14.2 Å². The van der Waals surface area contributed by atoms with Gasteiger partial charge in [0, 0.05) is 5.41 Å². The van der Waals surface area contributed by atoms with Crippen LogP contribution in [-0.2, 0) is 5.41 Å². The van der Waals surface area contributed by atoms with E-state index < -0.39 is 5.41 Å². The van der Waals surface area contributed by atoms with Crippen molar-refractivity contribution < 1.29 is 13.9 Å². The van der Waals surface area contributed by atoms with Gasteiger partial charge in [-0.25, -0.2) is 4.39 Å². The molecule has 0 atom stereocenters. The molecule has 2 rings (SSSR count). The molecule has 20 heavy (non-hydrogen) atoms. The number of allylic oxidation sites excluding steroid dienone is 4. The quantitative estimate of drug-likeness (QED) is 0.812. The molecule has 1 aromatic rings. The largest absolute Gasteiger partial charge is 0.493 e. The van der Waals surface area contributed by atoms with E-state index in [1.165, 1.54) is 6.08 Å². The Balaban J connectivity index is 2.46. The van der Waals surface area contributed by atoms with Gasteiger partial charge in [-0.15, -0.1) is 0 Å². The van der Waals surface area contributed by atoms with Crippen molar-refractivity contribution in [3.8, 4) is 11.5 Å². The Morgan fingerprint density at radius 3 is 2.40 bits per heavy atom. The second-order valence-corrected chi connectivity index (χ2v) is 5.32. The maximum atomic E-state index is 14.1. The Morgan fingerprint density at radius 1 is 1.10 bits per heavy atom. The highest BCUT2D eigenvalue weighted by Crippen LogP contribution is 2.41. The zero-order chi connectivity index (χ0) is 14.8. The van der Waals surface area contributed by atoms with Gasteiger partial charge in [-0.1, -0.05) is 26.0 Å². The van der Waals surface area contributed by atoms with Gasteiger partial charge in [0.1, 0.15) is 5.83 Å². The molecule has 0 fully saturated rings. The summed E-state index contributed by atoms with van der Waals surface area (Å²) in [4.78, 5) is 0. The zero-order valence-corrected chi connectivity index (χ0v) is 12.4. The Morgan fingerprint density at radius 2 is 1.80 bits per heavy atom. The Kier molecular flexibility index (Phi) is 4.17. The number of halogens is 1. The smallest absolute Gasteiger partial charge is 0.161 e. The number of hydrogen-bond donors (Lipinski definition) is 0. The average Bonchev–Trinajstić information content (AvgIpc) is 2.46. The third kappa shape index (κ3) is 2.58. The zero-order valence-electron chi connectivity index (χ0n) is 12.4. The van der Waals surface area contributed by atoms with Crippen molar-refractivity contribution in [2.24, 2.45) is 0 Å². The van der Waals surface area contributed by atoms with Gasteiger partial charge in [0.25, 0.3) is 0 Å². The fourth-order valence-corrected chi connectivity index (χ4v) is 2.49. The molecular weight excluding hydrogens is 255 g/mol. The summed E-state index contributed by atoms with van der Waals surface area (Å²) in [7, 11) is 3.21. The van der Waals surface area contributed by atoms with Crippen LogP contribution in [0.15, 0.2) is 41.8 Å². The van der Waals surface area contributed by atoms with E-state index in [1.807, 2.05) is 38.5 Å². The topological polar surface area (TPSA) is 18.5 Å². The van der Waals surface area contributed by atoms with Crippen LogP contribution >= 0.6 is 0 Å². The number of rotatable bonds is 4. The number of methoxy groups -OCH3 is 2. The van der Waals surface area contributed by atoms with Crippen LogP contribution in [0, 0.1) is 6.42 Å². The number of hydrogen-bond acceptors (Lipinski definition) is 2. The van der Waals surface area contributed by atoms with Crippen molar-refractivity contribution in [1.29, 1.82) is 0 Å². The lowest BCUT2D eigenvalue weighted by Gasteiger charge is -2.30. The van der Waals surface area contributed by atoms with Crippen molar-refractivity contribution in [3.63, 3.8) is 0 Å². The van der Waals surface area contributed by atoms with Crippen LogP contribution in [0.4, 0.5) is 4.39 Å². The average molecular weight is 275 g/mol. The first kappa shape index (κ1) is 14.6. The van der Waals surface area contributed by atoms with Crippen LogP contribution in [0.3, 0.4) is 0 Å². The molecule has 1 aliphatic carbocycles. The van der Waals surface area contributed by atoms with Crippen molar-refractivity contribution in [3.05, 3.63) is 53.7 Å². The molecule has 0 heterocycles. The minimum Gasteiger partial charge on any atom is -0.493 e. The molecule has 0 saturated heterocycles. The van der Waals surface area contributed by atoms with Gasteiger partial charge in [0.05, 0.1) is 14.2 Å². The van der Waals surface area contributed by atoms with Gasteiger partial charge < -0.3 is 9.47 Å². The van der Waals surface area contributed by atoms with Gasteiger partial charge in [-0.05, 0) is 42.2 Å².